The van der Waals surface area contributed by atoms with E-state index in [9.17, 15) is 18.0 Å². The molecule has 0 N–H and O–H groups in total. The molecule has 0 aliphatic rings. The number of ether oxygens (including phenoxy) is 1. The van der Waals surface area contributed by atoms with E-state index in [1.165, 1.54) is 17.9 Å². The molecule has 0 fully saturated rings. The molecule has 3 aromatic rings. The first-order valence-electron chi connectivity index (χ1n) is 8.98. The number of carbonyl (C=O) groups is 1. The Labute approximate surface area is 167 Å². The van der Waals surface area contributed by atoms with Gasteiger partial charge in [0, 0.05) is 19.7 Å². The predicted octanol–water partition coefficient (Wildman–Crippen LogP) is 5.93. The van der Waals surface area contributed by atoms with E-state index in [1.54, 1.807) is 55.6 Å². The van der Waals surface area contributed by atoms with Crippen LogP contribution >= 0.6 is 0 Å². The van der Waals surface area contributed by atoms with Crippen LogP contribution in [0.2, 0.25) is 0 Å². The average Bonchev–Trinajstić information content (AvgIpc) is 2.72. The van der Waals surface area contributed by atoms with E-state index in [0.717, 1.165) is 17.8 Å². The Hall–Kier alpha value is -3.28. The smallest absolute Gasteiger partial charge is 0.416 e. The minimum Gasteiger partial charge on any atom is -0.489 e. The van der Waals surface area contributed by atoms with Gasteiger partial charge in [-0.1, -0.05) is 36.4 Å². The number of anilines is 1. The summed E-state index contributed by atoms with van der Waals surface area (Å²) < 4.78 is 45.3. The van der Waals surface area contributed by atoms with Crippen molar-refractivity contribution in [3.05, 3.63) is 83.9 Å². The highest BCUT2D eigenvalue weighted by Gasteiger charge is 2.31. The van der Waals surface area contributed by atoms with Gasteiger partial charge in [0.1, 0.15) is 12.4 Å². The van der Waals surface area contributed by atoms with Gasteiger partial charge in [-0.15, -0.1) is 0 Å². The molecular formula is C23H20F3NO2. The first-order valence-corrected chi connectivity index (χ1v) is 8.98. The number of hydrogen-bond acceptors (Lipinski definition) is 2. The summed E-state index contributed by atoms with van der Waals surface area (Å²) in [5.74, 6) is 0.473. The van der Waals surface area contributed by atoms with Crippen molar-refractivity contribution in [3.63, 3.8) is 0 Å². The molecule has 3 rings (SSSR count). The summed E-state index contributed by atoms with van der Waals surface area (Å²) in [5, 5.41) is 0. The second-order valence-corrected chi connectivity index (χ2v) is 6.60. The molecule has 0 unspecified atom stereocenters. The van der Waals surface area contributed by atoms with Gasteiger partial charge in [0.2, 0.25) is 5.91 Å². The van der Waals surface area contributed by atoms with Gasteiger partial charge >= 0.3 is 6.18 Å². The first-order chi connectivity index (χ1) is 13.8. The number of halogens is 3. The molecule has 0 aliphatic carbocycles. The van der Waals surface area contributed by atoms with E-state index in [4.69, 9.17) is 4.74 Å². The molecule has 0 aliphatic heterocycles. The van der Waals surface area contributed by atoms with E-state index in [-0.39, 0.29) is 12.5 Å². The third kappa shape index (κ3) is 4.96. The van der Waals surface area contributed by atoms with Crippen molar-refractivity contribution in [2.24, 2.45) is 0 Å². The molecule has 3 aromatic carbocycles. The molecule has 1 amide bonds. The number of alkyl halides is 3. The summed E-state index contributed by atoms with van der Waals surface area (Å²) in [6, 6.07) is 19.5. The highest BCUT2D eigenvalue weighted by Crippen LogP contribution is 2.34. The Bertz CT molecular complexity index is 983. The zero-order valence-electron chi connectivity index (χ0n) is 16.0. The van der Waals surface area contributed by atoms with Crippen LogP contribution < -0.4 is 9.64 Å². The van der Waals surface area contributed by atoms with Crippen LogP contribution in [0.5, 0.6) is 5.75 Å². The Morgan fingerprint density at radius 1 is 0.966 bits per heavy atom. The van der Waals surface area contributed by atoms with Gasteiger partial charge in [0.25, 0.3) is 0 Å². The third-order valence-corrected chi connectivity index (χ3v) is 4.61. The Balaban J connectivity index is 1.84. The molecule has 150 valence electrons. The van der Waals surface area contributed by atoms with Crippen molar-refractivity contribution in [1.82, 2.24) is 0 Å². The van der Waals surface area contributed by atoms with Gasteiger partial charge in [0.15, 0.2) is 0 Å². The summed E-state index contributed by atoms with van der Waals surface area (Å²) in [5.41, 5.74) is 1.85. The van der Waals surface area contributed by atoms with E-state index < -0.39 is 11.7 Å². The standard InChI is InChI=1S/C23H20F3NO2/c1-16(28)27(2)20-10-12-21(13-11-20)29-15-18-8-9-19(23(24,25)26)14-22(18)17-6-4-3-5-7-17/h3-14H,15H2,1-2H3. The number of rotatable bonds is 5. The van der Waals surface area contributed by atoms with Crippen LogP contribution in [0, 0.1) is 0 Å². The molecule has 6 heteroatoms. The summed E-state index contributed by atoms with van der Waals surface area (Å²) in [4.78, 5) is 12.9. The lowest BCUT2D eigenvalue weighted by atomic mass is 9.97. The highest BCUT2D eigenvalue weighted by molar-refractivity contribution is 5.90. The number of hydrogen-bond donors (Lipinski definition) is 0. The number of amides is 1. The second kappa shape index (κ2) is 8.39. The molecule has 0 atom stereocenters. The zero-order chi connectivity index (χ0) is 21.0. The maximum absolute atomic E-state index is 13.2. The minimum absolute atomic E-state index is 0.0871. The van der Waals surface area contributed by atoms with Crippen molar-refractivity contribution < 1.29 is 22.7 Å². The van der Waals surface area contributed by atoms with Gasteiger partial charge in [-0.2, -0.15) is 13.2 Å². The minimum atomic E-state index is -4.42. The molecular weight excluding hydrogens is 379 g/mol. The molecule has 0 saturated carbocycles. The highest BCUT2D eigenvalue weighted by atomic mass is 19.4. The SMILES string of the molecule is CC(=O)N(C)c1ccc(OCc2ccc(C(F)(F)F)cc2-c2ccccc2)cc1. The van der Waals surface area contributed by atoms with Crippen LogP contribution in [0.1, 0.15) is 18.1 Å². The normalized spacial score (nSPS) is 11.2. The fourth-order valence-electron chi connectivity index (χ4n) is 2.87. The lowest BCUT2D eigenvalue weighted by Gasteiger charge is -2.16. The van der Waals surface area contributed by atoms with Crippen LogP contribution in [0.15, 0.2) is 72.8 Å². The maximum Gasteiger partial charge on any atom is 0.416 e. The van der Waals surface area contributed by atoms with Crippen LogP contribution in [0.4, 0.5) is 18.9 Å². The number of nitrogens with zero attached hydrogens (tertiary/aromatic N) is 1. The first kappa shape index (κ1) is 20.5. The van der Waals surface area contributed by atoms with Gasteiger partial charge in [-0.25, -0.2) is 0 Å². The van der Waals surface area contributed by atoms with Crippen molar-refractivity contribution in [1.29, 1.82) is 0 Å². The second-order valence-electron chi connectivity index (χ2n) is 6.60. The van der Waals surface area contributed by atoms with E-state index in [0.29, 0.717) is 22.4 Å². The molecule has 0 spiro atoms. The largest absolute Gasteiger partial charge is 0.489 e. The quantitative estimate of drug-likeness (QED) is 0.532. The Morgan fingerprint density at radius 2 is 1.62 bits per heavy atom. The number of benzene rings is 3. The van der Waals surface area contributed by atoms with Crippen molar-refractivity contribution in [3.8, 4) is 16.9 Å². The molecule has 0 saturated heterocycles. The predicted molar refractivity (Wildman–Crippen MR) is 107 cm³/mol. The monoisotopic (exact) mass is 399 g/mol. The van der Waals surface area contributed by atoms with Crippen LogP contribution in [-0.2, 0) is 17.6 Å². The fourth-order valence-corrected chi connectivity index (χ4v) is 2.87. The third-order valence-electron chi connectivity index (χ3n) is 4.61. The van der Waals surface area contributed by atoms with E-state index in [1.807, 2.05) is 6.07 Å². The summed E-state index contributed by atoms with van der Waals surface area (Å²) in [7, 11) is 1.67. The maximum atomic E-state index is 13.2. The van der Waals surface area contributed by atoms with Crippen LogP contribution in [-0.4, -0.2) is 13.0 Å². The van der Waals surface area contributed by atoms with Crippen molar-refractivity contribution in [2.75, 3.05) is 11.9 Å². The fraction of sp³-hybridized carbons (Fsp3) is 0.174. The Morgan fingerprint density at radius 3 is 2.21 bits per heavy atom. The lowest BCUT2D eigenvalue weighted by molar-refractivity contribution is -0.137. The van der Waals surface area contributed by atoms with Crippen molar-refractivity contribution in [2.45, 2.75) is 19.7 Å². The van der Waals surface area contributed by atoms with Gasteiger partial charge in [-0.05, 0) is 53.1 Å². The number of carbonyl (C=O) groups excluding carboxylic acids is 1. The van der Waals surface area contributed by atoms with E-state index in [2.05, 4.69) is 0 Å². The van der Waals surface area contributed by atoms with E-state index >= 15 is 0 Å². The zero-order valence-corrected chi connectivity index (χ0v) is 16.0. The topological polar surface area (TPSA) is 29.5 Å². The summed E-state index contributed by atoms with van der Waals surface area (Å²) >= 11 is 0. The molecule has 0 radical (unpaired) electrons. The molecule has 0 aromatic heterocycles. The molecule has 0 bridgehead atoms. The average molecular weight is 399 g/mol. The van der Waals surface area contributed by atoms with Gasteiger partial charge < -0.3 is 9.64 Å². The van der Waals surface area contributed by atoms with Crippen LogP contribution in [0.3, 0.4) is 0 Å². The molecule has 29 heavy (non-hydrogen) atoms. The van der Waals surface area contributed by atoms with Gasteiger partial charge in [-0.3, -0.25) is 4.79 Å². The molecule has 0 heterocycles. The van der Waals surface area contributed by atoms with Crippen molar-refractivity contribution >= 4 is 11.6 Å². The van der Waals surface area contributed by atoms with Gasteiger partial charge in [0.05, 0.1) is 5.56 Å². The van der Waals surface area contributed by atoms with Crippen LogP contribution in [0.25, 0.3) is 11.1 Å². The Kier molecular flexibility index (Phi) is 5.92. The summed E-state index contributed by atoms with van der Waals surface area (Å²) in [6.07, 6.45) is -4.42. The lowest BCUT2D eigenvalue weighted by Crippen LogP contribution is -2.22. The molecule has 3 nitrogen and oxygen atoms in total. The summed E-state index contributed by atoms with van der Waals surface area (Å²) in [6.45, 7) is 1.59.